The highest BCUT2D eigenvalue weighted by atomic mass is 19.1. The van der Waals surface area contributed by atoms with Crippen LogP contribution >= 0.6 is 0 Å². The summed E-state index contributed by atoms with van der Waals surface area (Å²) in [6.07, 6.45) is 0. The number of aryl methyl sites for hydroxylation is 3. The van der Waals surface area contributed by atoms with E-state index in [1.165, 1.54) is 35.4 Å². The molecule has 0 saturated carbocycles. The number of nitrogens with one attached hydrogen (secondary N) is 1. The third-order valence-electron chi connectivity index (χ3n) is 3.88. The molecule has 0 fully saturated rings. The van der Waals surface area contributed by atoms with Crippen LogP contribution < -0.4 is 10.1 Å². The van der Waals surface area contributed by atoms with Gasteiger partial charge in [-0.05, 0) is 62.1 Å². The quantitative estimate of drug-likeness (QED) is 0.860. The van der Waals surface area contributed by atoms with Crippen molar-refractivity contribution in [2.75, 3.05) is 12.4 Å². The first-order valence-corrected chi connectivity index (χ1v) is 7.10. The van der Waals surface area contributed by atoms with Gasteiger partial charge in [0.25, 0.3) is 0 Å². The topological polar surface area (TPSA) is 21.3 Å². The molecular formula is C18H22FNO. The smallest absolute Gasteiger partial charge is 0.167 e. The third-order valence-corrected chi connectivity index (χ3v) is 3.88. The molecule has 2 nitrogen and oxygen atoms in total. The van der Waals surface area contributed by atoms with E-state index < -0.39 is 0 Å². The molecule has 2 aromatic carbocycles. The zero-order valence-electron chi connectivity index (χ0n) is 13.3. The second-order valence-corrected chi connectivity index (χ2v) is 5.51. The predicted molar refractivity (Wildman–Crippen MR) is 85.6 cm³/mol. The molecule has 1 atom stereocenters. The second kappa shape index (κ2) is 6.17. The van der Waals surface area contributed by atoms with Crippen LogP contribution in [0.5, 0.6) is 5.75 Å². The van der Waals surface area contributed by atoms with Crippen LogP contribution in [0, 0.1) is 26.6 Å². The molecule has 0 spiro atoms. The SMILES string of the molecule is COc1ccc(NC(C)c2cc(C)c(C)cc2C)cc1F. The highest BCUT2D eigenvalue weighted by molar-refractivity contribution is 5.50. The first-order chi connectivity index (χ1) is 9.92. The molecule has 0 radical (unpaired) electrons. The highest BCUT2D eigenvalue weighted by Crippen LogP contribution is 2.27. The molecule has 3 heteroatoms. The van der Waals surface area contributed by atoms with Gasteiger partial charge < -0.3 is 10.1 Å². The number of ether oxygens (including phenoxy) is 1. The lowest BCUT2D eigenvalue weighted by atomic mass is 9.96. The summed E-state index contributed by atoms with van der Waals surface area (Å²) >= 11 is 0. The number of benzene rings is 2. The van der Waals surface area contributed by atoms with Gasteiger partial charge in [0.1, 0.15) is 0 Å². The van der Waals surface area contributed by atoms with E-state index >= 15 is 0 Å². The first-order valence-electron chi connectivity index (χ1n) is 7.10. The Bertz CT molecular complexity index is 652. The van der Waals surface area contributed by atoms with Crippen molar-refractivity contribution in [1.82, 2.24) is 0 Å². The minimum atomic E-state index is -0.355. The molecule has 0 heterocycles. The Kier molecular flexibility index (Phi) is 4.51. The molecule has 0 aliphatic carbocycles. The van der Waals surface area contributed by atoms with E-state index in [0.29, 0.717) is 0 Å². The van der Waals surface area contributed by atoms with Crippen LogP contribution in [0.25, 0.3) is 0 Å². The summed E-state index contributed by atoms with van der Waals surface area (Å²) in [6.45, 7) is 8.41. The number of hydrogen-bond donors (Lipinski definition) is 1. The Morgan fingerprint density at radius 2 is 1.67 bits per heavy atom. The zero-order valence-corrected chi connectivity index (χ0v) is 13.3. The Labute approximate surface area is 126 Å². The van der Waals surface area contributed by atoms with Gasteiger partial charge in [-0.25, -0.2) is 4.39 Å². The molecule has 0 bridgehead atoms. The summed E-state index contributed by atoms with van der Waals surface area (Å²) in [5.41, 5.74) is 5.78. The van der Waals surface area contributed by atoms with E-state index in [1.807, 2.05) is 6.07 Å². The van der Waals surface area contributed by atoms with Crippen molar-refractivity contribution >= 4 is 5.69 Å². The fourth-order valence-electron chi connectivity index (χ4n) is 2.53. The number of methoxy groups -OCH3 is 1. The van der Waals surface area contributed by atoms with Gasteiger partial charge in [0.05, 0.1) is 7.11 Å². The van der Waals surface area contributed by atoms with Gasteiger partial charge in [-0.3, -0.25) is 0 Å². The van der Waals surface area contributed by atoms with Gasteiger partial charge in [-0.15, -0.1) is 0 Å². The van der Waals surface area contributed by atoms with Gasteiger partial charge >= 0.3 is 0 Å². The standard InChI is InChI=1S/C18H22FNO/c1-11-8-13(3)16(9-12(11)2)14(4)20-15-6-7-18(21-5)17(19)10-15/h6-10,14,20H,1-5H3. The lowest BCUT2D eigenvalue weighted by molar-refractivity contribution is 0.386. The lowest BCUT2D eigenvalue weighted by Gasteiger charge is -2.20. The second-order valence-electron chi connectivity index (χ2n) is 5.51. The fraction of sp³-hybridized carbons (Fsp3) is 0.333. The van der Waals surface area contributed by atoms with Gasteiger partial charge in [0, 0.05) is 17.8 Å². The van der Waals surface area contributed by atoms with E-state index in [4.69, 9.17) is 4.74 Å². The van der Waals surface area contributed by atoms with Crippen molar-refractivity contribution in [3.63, 3.8) is 0 Å². The average molecular weight is 287 g/mol. The highest BCUT2D eigenvalue weighted by Gasteiger charge is 2.11. The summed E-state index contributed by atoms with van der Waals surface area (Å²) < 4.78 is 18.7. The molecule has 0 amide bonds. The van der Waals surface area contributed by atoms with Gasteiger partial charge in [0.15, 0.2) is 11.6 Å². The van der Waals surface area contributed by atoms with Crippen LogP contribution in [0.3, 0.4) is 0 Å². The Hall–Kier alpha value is -2.03. The molecule has 112 valence electrons. The minimum absolute atomic E-state index is 0.108. The molecule has 1 unspecified atom stereocenters. The first kappa shape index (κ1) is 15.4. The third kappa shape index (κ3) is 3.35. The van der Waals surface area contributed by atoms with Gasteiger partial charge in [-0.1, -0.05) is 12.1 Å². The maximum absolute atomic E-state index is 13.7. The van der Waals surface area contributed by atoms with Gasteiger partial charge in [0.2, 0.25) is 0 Å². The molecule has 21 heavy (non-hydrogen) atoms. The maximum atomic E-state index is 13.7. The molecule has 0 aromatic heterocycles. The van der Waals surface area contributed by atoms with Crippen LogP contribution in [0.2, 0.25) is 0 Å². The van der Waals surface area contributed by atoms with E-state index in [9.17, 15) is 4.39 Å². The number of halogens is 1. The Balaban J connectivity index is 2.23. The normalized spacial score (nSPS) is 12.1. The Morgan fingerprint density at radius 3 is 2.29 bits per heavy atom. The van der Waals surface area contributed by atoms with Crippen molar-refractivity contribution in [3.05, 3.63) is 58.4 Å². The number of hydrogen-bond acceptors (Lipinski definition) is 2. The lowest BCUT2D eigenvalue weighted by Crippen LogP contribution is -2.09. The van der Waals surface area contributed by atoms with Crippen molar-refractivity contribution in [3.8, 4) is 5.75 Å². The molecule has 2 aromatic rings. The van der Waals surface area contributed by atoms with Crippen molar-refractivity contribution in [2.45, 2.75) is 33.7 Å². The maximum Gasteiger partial charge on any atom is 0.167 e. The molecule has 0 aliphatic heterocycles. The number of anilines is 1. The summed E-state index contributed by atoms with van der Waals surface area (Å²) in [7, 11) is 1.46. The van der Waals surface area contributed by atoms with E-state index in [2.05, 4.69) is 45.1 Å². The largest absolute Gasteiger partial charge is 0.494 e. The summed E-state index contributed by atoms with van der Waals surface area (Å²) in [6, 6.07) is 9.43. The van der Waals surface area contributed by atoms with Crippen molar-refractivity contribution in [1.29, 1.82) is 0 Å². The predicted octanol–water partition coefficient (Wildman–Crippen LogP) is 4.93. The molecule has 0 saturated heterocycles. The minimum Gasteiger partial charge on any atom is -0.494 e. The van der Waals surface area contributed by atoms with E-state index in [-0.39, 0.29) is 17.6 Å². The van der Waals surface area contributed by atoms with Crippen LogP contribution in [0.1, 0.15) is 35.2 Å². The molecule has 0 aliphatic rings. The van der Waals surface area contributed by atoms with Crippen molar-refractivity contribution in [2.24, 2.45) is 0 Å². The summed E-state index contributed by atoms with van der Waals surface area (Å²) in [5, 5.41) is 3.34. The molecule has 1 N–H and O–H groups in total. The van der Waals surface area contributed by atoms with Crippen LogP contribution in [0.15, 0.2) is 30.3 Å². The average Bonchev–Trinajstić information content (AvgIpc) is 2.43. The zero-order chi connectivity index (χ0) is 15.6. The van der Waals surface area contributed by atoms with Crippen molar-refractivity contribution < 1.29 is 9.13 Å². The monoisotopic (exact) mass is 287 g/mol. The van der Waals surface area contributed by atoms with E-state index in [0.717, 1.165) is 5.69 Å². The summed E-state index contributed by atoms with van der Waals surface area (Å²) in [5.74, 6) is -0.0953. The summed E-state index contributed by atoms with van der Waals surface area (Å²) in [4.78, 5) is 0. The van der Waals surface area contributed by atoms with Crippen LogP contribution in [-0.4, -0.2) is 7.11 Å². The Morgan fingerprint density at radius 1 is 1.00 bits per heavy atom. The van der Waals surface area contributed by atoms with Crippen LogP contribution in [-0.2, 0) is 0 Å². The molecular weight excluding hydrogens is 265 g/mol. The van der Waals surface area contributed by atoms with Crippen LogP contribution in [0.4, 0.5) is 10.1 Å². The molecule has 2 rings (SSSR count). The van der Waals surface area contributed by atoms with Gasteiger partial charge in [-0.2, -0.15) is 0 Å². The van der Waals surface area contributed by atoms with E-state index in [1.54, 1.807) is 6.07 Å². The fourth-order valence-corrected chi connectivity index (χ4v) is 2.53. The number of rotatable bonds is 4.